The Hall–Kier alpha value is -3.21. The number of fused-ring (bicyclic) bond motifs is 1. The lowest BCUT2D eigenvalue weighted by atomic mass is 10.0. The Morgan fingerprint density at radius 2 is 2.24 bits per heavy atom. The van der Waals surface area contributed by atoms with E-state index < -0.39 is 0 Å². The van der Waals surface area contributed by atoms with E-state index in [0.29, 0.717) is 13.0 Å². The molecule has 0 aliphatic carbocycles. The molecule has 2 unspecified atom stereocenters. The monoisotopic (exact) mass is 334 g/mol. The van der Waals surface area contributed by atoms with Crippen molar-refractivity contribution in [3.05, 3.63) is 36.7 Å². The molecule has 0 fully saturated rings. The van der Waals surface area contributed by atoms with Crippen molar-refractivity contribution in [2.75, 3.05) is 6.54 Å². The van der Waals surface area contributed by atoms with Gasteiger partial charge in [-0.05, 0) is 6.92 Å². The molecule has 0 amide bonds. The molecule has 25 heavy (non-hydrogen) atoms. The first-order valence-electron chi connectivity index (χ1n) is 8.18. The molecule has 0 N–H and O–H groups in total. The zero-order valence-corrected chi connectivity index (χ0v) is 14.1. The van der Waals surface area contributed by atoms with Crippen LogP contribution >= 0.6 is 0 Å². The van der Waals surface area contributed by atoms with E-state index in [1.54, 1.807) is 17.1 Å². The molecule has 0 saturated carbocycles. The van der Waals surface area contributed by atoms with Gasteiger partial charge in [0.15, 0.2) is 0 Å². The molecular formula is C17H18N8. The van der Waals surface area contributed by atoms with E-state index in [1.165, 1.54) is 0 Å². The van der Waals surface area contributed by atoms with Gasteiger partial charge in [0, 0.05) is 50.0 Å². The van der Waals surface area contributed by atoms with Gasteiger partial charge < -0.3 is 0 Å². The van der Waals surface area contributed by atoms with Gasteiger partial charge in [0.1, 0.15) is 11.5 Å². The zero-order chi connectivity index (χ0) is 17.4. The zero-order valence-electron chi connectivity index (χ0n) is 14.1. The van der Waals surface area contributed by atoms with Crippen LogP contribution in [0.5, 0.6) is 0 Å². The predicted octanol–water partition coefficient (Wildman–Crippen LogP) is 1.82. The van der Waals surface area contributed by atoms with Crippen molar-refractivity contribution >= 4 is 11.9 Å². The number of aryl methyl sites for hydroxylation is 1. The number of imidazole rings is 1. The summed E-state index contributed by atoms with van der Waals surface area (Å²) in [7, 11) is 1.89. The van der Waals surface area contributed by atoms with Crippen LogP contribution in [0.2, 0.25) is 0 Å². The number of rotatable bonds is 4. The van der Waals surface area contributed by atoms with Crippen molar-refractivity contribution < 1.29 is 0 Å². The van der Waals surface area contributed by atoms with Gasteiger partial charge in [0.25, 0.3) is 0 Å². The van der Waals surface area contributed by atoms with Gasteiger partial charge in [0.2, 0.25) is 0 Å². The van der Waals surface area contributed by atoms with Crippen molar-refractivity contribution in [2.45, 2.75) is 25.3 Å². The second kappa shape index (κ2) is 6.02. The standard InChI is InChI=1S/C17H18N8/c1-12-14(10-21-25(12)6-3-4-18)17-22-15(13-9-20-23(2)11-13)8-16-19-5-7-24(16)17/h5,7-12,14H,3,6H2,1-2H3. The molecule has 0 bridgehead atoms. The van der Waals surface area contributed by atoms with Gasteiger partial charge in [0.05, 0.1) is 36.3 Å². The Morgan fingerprint density at radius 3 is 3.00 bits per heavy atom. The van der Waals surface area contributed by atoms with E-state index in [1.807, 2.05) is 41.1 Å². The maximum Gasteiger partial charge on any atom is 0.140 e. The van der Waals surface area contributed by atoms with E-state index in [4.69, 9.17) is 10.2 Å². The summed E-state index contributed by atoms with van der Waals surface area (Å²) in [6.45, 7) is 2.73. The number of hydrogen-bond donors (Lipinski definition) is 0. The number of nitrogens with zero attached hydrogens (tertiary/aromatic N) is 8. The summed E-state index contributed by atoms with van der Waals surface area (Å²) in [6, 6.07) is 4.27. The number of hydrogen-bond acceptors (Lipinski definition) is 6. The van der Waals surface area contributed by atoms with Crippen molar-refractivity contribution in [3.8, 4) is 17.3 Å². The smallest absolute Gasteiger partial charge is 0.140 e. The van der Waals surface area contributed by atoms with E-state index in [-0.39, 0.29) is 12.0 Å². The molecule has 126 valence electrons. The highest BCUT2D eigenvalue weighted by atomic mass is 15.5. The van der Waals surface area contributed by atoms with Gasteiger partial charge in [-0.2, -0.15) is 15.5 Å². The minimum Gasteiger partial charge on any atom is -0.292 e. The molecule has 8 nitrogen and oxygen atoms in total. The second-order valence-electron chi connectivity index (χ2n) is 6.16. The summed E-state index contributed by atoms with van der Waals surface area (Å²) < 4.78 is 3.76. The van der Waals surface area contributed by atoms with Crippen LogP contribution in [0.25, 0.3) is 16.9 Å². The first-order chi connectivity index (χ1) is 12.2. The first kappa shape index (κ1) is 15.3. The Labute approximate surface area is 145 Å². The number of nitriles is 1. The van der Waals surface area contributed by atoms with Crippen molar-refractivity contribution in [1.82, 2.24) is 29.2 Å². The Kier molecular flexibility index (Phi) is 3.69. The molecule has 1 aliphatic rings. The molecular weight excluding hydrogens is 316 g/mol. The van der Waals surface area contributed by atoms with Crippen molar-refractivity contribution in [1.29, 1.82) is 5.26 Å². The van der Waals surface area contributed by atoms with Crippen LogP contribution in [0.3, 0.4) is 0 Å². The average Bonchev–Trinajstić information content (AvgIpc) is 3.32. The van der Waals surface area contributed by atoms with E-state index in [2.05, 4.69) is 28.2 Å². The molecule has 3 aromatic rings. The van der Waals surface area contributed by atoms with Crippen LogP contribution < -0.4 is 0 Å². The lowest BCUT2D eigenvalue weighted by Gasteiger charge is -2.23. The lowest BCUT2D eigenvalue weighted by molar-refractivity contribution is 0.237. The third-order valence-corrected chi connectivity index (χ3v) is 4.53. The van der Waals surface area contributed by atoms with Crippen molar-refractivity contribution in [2.24, 2.45) is 12.1 Å². The fourth-order valence-corrected chi connectivity index (χ4v) is 3.16. The molecule has 0 spiro atoms. The molecule has 8 heteroatoms. The fourth-order valence-electron chi connectivity index (χ4n) is 3.16. The van der Waals surface area contributed by atoms with Crippen LogP contribution in [0.15, 0.2) is 36.0 Å². The quantitative estimate of drug-likeness (QED) is 0.726. The van der Waals surface area contributed by atoms with E-state index >= 15 is 0 Å². The van der Waals surface area contributed by atoms with Gasteiger partial charge in [-0.25, -0.2) is 9.97 Å². The van der Waals surface area contributed by atoms with Crippen LogP contribution in [0.4, 0.5) is 0 Å². The number of hydrazone groups is 1. The molecule has 0 saturated heterocycles. The average molecular weight is 334 g/mol. The van der Waals surface area contributed by atoms with Gasteiger partial charge in [-0.1, -0.05) is 0 Å². The van der Waals surface area contributed by atoms with Gasteiger partial charge in [-0.15, -0.1) is 0 Å². The molecule has 3 aromatic heterocycles. The Balaban J connectivity index is 1.76. The van der Waals surface area contributed by atoms with E-state index in [0.717, 1.165) is 22.7 Å². The first-order valence-corrected chi connectivity index (χ1v) is 8.18. The molecule has 1 aliphatic heterocycles. The largest absolute Gasteiger partial charge is 0.292 e. The minimum atomic E-state index is 0.0343. The SMILES string of the molecule is CC1C(c2nc(-c3cnn(C)c3)cc3nccn23)C=NN1CCC#N. The molecule has 4 heterocycles. The van der Waals surface area contributed by atoms with Crippen LogP contribution in [0.1, 0.15) is 25.1 Å². The highest BCUT2D eigenvalue weighted by Gasteiger charge is 2.31. The van der Waals surface area contributed by atoms with Crippen molar-refractivity contribution in [3.63, 3.8) is 0 Å². The summed E-state index contributed by atoms with van der Waals surface area (Å²) in [4.78, 5) is 9.32. The van der Waals surface area contributed by atoms with Crippen LogP contribution in [0, 0.1) is 11.3 Å². The van der Waals surface area contributed by atoms with Crippen LogP contribution in [-0.2, 0) is 7.05 Å². The summed E-state index contributed by atoms with van der Waals surface area (Å²) in [6.07, 6.45) is 9.81. The van der Waals surface area contributed by atoms with Crippen LogP contribution in [-0.4, -0.2) is 48.0 Å². The summed E-state index contributed by atoms with van der Waals surface area (Å²) in [5.41, 5.74) is 2.65. The van der Waals surface area contributed by atoms with Gasteiger partial charge >= 0.3 is 0 Å². The molecule has 4 rings (SSSR count). The Morgan fingerprint density at radius 1 is 1.36 bits per heavy atom. The highest BCUT2D eigenvalue weighted by molar-refractivity contribution is 5.71. The number of aromatic nitrogens is 5. The summed E-state index contributed by atoms with van der Waals surface area (Å²) in [5.74, 6) is 0.927. The third-order valence-electron chi connectivity index (χ3n) is 4.53. The Bertz CT molecular complexity index is 976. The van der Waals surface area contributed by atoms with E-state index in [9.17, 15) is 0 Å². The topological polar surface area (TPSA) is 87.4 Å². The normalized spacial score (nSPS) is 19.6. The summed E-state index contributed by atoms with van der Waals surface area (Å²) >= 11 is 0. The van der Waals surface area contributed by atoms with Gasteiger partial charge in [-0.3, -0.25) is 14.1 Å². The highest BCUT2D eigenvalue weighted by Crippen LogP contribution is 2.29. The maximum absolute atomic E-state index is 8.81. The maximum atomic E-state index is 8.81. The fraction of sp³-hybridized carbons (Fsp3) is 0.353. The molecule has 0 aromatic carbocycles. The summed E-state index contributed by atoms with van der Waals surface area (Å²) in [5, 5.41) is 19.5. The third kappa shape index (κ3) is 2.63. The predicted molar refractivity (Wildman–Crippen MR) is 92.8 cm³/mol. The minimum absolute atomic E-state index is 0.0343. The second-order valence-corrected chi connectivity index (χ2v) is 6.16. The molecule has 0 radical (unpaired) electrons. The molecule has 2 atom stereocenters. The lowest BCUT2D eigenvalue weighted by Crippen LogP contribution is -2.30.